The van der Waals surface area contributed by atoms with Crippen LogP contribution >= 0.6 is 0 Å². The summed E-state index contributed by atoms with van der Waals surface area (Å²) in [5.41, 5.74) is 5.62. The molecule has 5 heteroatoms. The maximum atomic E-state index is 11.8. The zero-order chi connectivity index (χ0) is 12.3. The Hall–Kier alpha value is -1.62. The van der Waals surface area contributed by atoms with E-state index in [1.165, 1.54) is 0 Å². The Kier molecular flexibility index (Phi) is 3.28. The van der Waals surface area contributed by atoms with Crippen molar-refractivity contribution in [1.29, 1.82) is 0 Å². The zero-order valence-electron chi connectivity index (χ0n) is 9.90. The molecule has 1 fully saturated rings. The van der Waals surface area contributed by atoms with Crippen LogP contribution in [0.3, 0.4) is 0 Å². The molecule has 1 aromatic rings. The molecule has 0 aliphatic carbocycles. The van der Waals surface area contributed by atoms with Crippen LogP contribution in [0.1, 0.15) is 30.3 Å². The summed E-state index contributed by atoms with van der Waals surface area (Å²) in [7, 11) is 0. The molecule has 0 radical (unpaired) electrons. The van der Waals surface area contributed by atoms with Gasteiger partial charge in [-0.1, -0.05) is 6.07 Å². The number of carbonyl (C=O) groups is 1. The Labute approximate surface area is 100 Å². The summed E-state index contributed by atoms with van der Waals surface area (Å²) in [6.07, 6.45) is 2.01. The Morgan fingerprint density at radius 2 is 2.47 bits per heavy atom. The van der Waals surface area contributed by atoms with Gasteiger partial charge in [0.15, 0.2) is 0 Å². The lowest BCUT2D eigenvalue weighted by atomic mass is 10.0. The molecule has 0 bridgehead atoms. The number of nitrogens with two attached hydrogens (primary N) is 1. The van der Waals surface area contributed by atoms with E-state index < -0.39 is 0 Å². The molecule has 3 N–H and O–H groups in total. The first-order valence-corrected chi connectivity index (χ1v) is 5.74. The number of pyridine rings is 1. The number of nitrogen functional groups attached to an aromatic ring is 1. The van der Waals surface area contributed by atoms with E-state index in [1.54, 1.807) is 18.2 Å². The van der Waals surface area contributed by atoms with Crippen molar-refractivity contribution in [2.75, 3.05) is 18.9 Å². The second-order valence-corrected chi connectivity index (χ2v) is 4.53. The van der Waals surface area contributed by atoms with Crippen molar-refractivity contribution in [2.24, 2.45) is 0 Å². The number of amides is 1. The van der Waals surface area contributed by atoms with E-state index in [-0.39, 0.29) is 11.5 Å². The lowest BCUT2D eigenvalue weighted by molar-refractivity contribution is 0.0205. The monoisotopic (exact) mass is 235 g/mol. The molecule has 1 aliphatic rings. The summed E-state index contributed by atoms with van der Waals surface area (Å²) >= 11 is 0. The average Bonchev–Trinajstić information content (AvgIpc) is 2.74. The summed E-state index contributed by atoms with van der Waals surface area (Å²) in [6.45, 7) is 3.28. The molecular weight excluding hydrogens is 218 g/mol. The molecule has 1 aliphatic heterocycles. The standard InChI is InChI=1S/C12H17N3O2/c1-12(6-3-7-17-12)8-14-11(16)9-4-2-5-10(13)15-9/h2,4-5H,3,6-8H2,1H3,(H2,13,15)(H,14,16). The summed E-state index contributed by atoms with van der Waals surface area (Å²) in [4.78, 5) is 15.8. The summed E-state index contributed by atoms with van der Waals surface area (Å²) < 4.78 is 5.59. The molecule has 1 atom stereocenters. The Balaban J connectivity index is 1.93. The van der Waals surface area contributed by atoms with Gasteiger partial charge in [-0.2, -0.15) is 0 Å². The smallest absolute Gasteiger partial charge is 0.270 e. The normalized spacial score (nSPS) is 23.6. The highest BCUT2D eigenvalue weighted by atomic mass is 16.5. The minimum atomic E-state index is -0.240. The topological polar surface area (TPSA) is 77.2 Å². The van der Waals surface area contributed by atoms with E-state index in [9.17, 15) is 4.79 Å². The van der Waals surface area contributed by atoms with Gasteiger partial charge in [-0.15, -0.1) is 0 Å². The van der Waals surface area contributed by atoms with Crippen LogP contribution < -0.4 is 11.1 Å². The van der Waals surface area contributed by atoms with Crippen molar-refractivity contribution in [3.63, 3.8) is 0 Å². The predicted octanol–water partition coefficient (Wildman–Crippen LogP) is 0.963. The van der Waals surface area contributed by atoms with Gasteiger partial charge < -0.3 is 15.8 Å². The number of aromatic nitrogens is 1. The summed E-state index contributed by atoms with van der Waals surface area (Å²) in [6, 6.07) is 5.01. The third-order valence-corrected chi connectivity index (χ3v) is 2.93. The Bertz CT molecular complexity index is 414. The molecule has 0 aromatic carbocycles. The average molecular weight is 235 g/mol. The first kappa shape index (κ1) is 11.9. The number of ether oxygens (including phenoxy) is 1. The molecule has 1 unspecified atom stereocenters. The van der Waals surface area contributed by atoms with Gasteiger partial charge in [-0.05, 0) is 31.9 Å². The van der Waals surface area contributed by atoms with Crippen LogP contribution in [-0.2, 0) is 4.74 Å². The molecule has 2 heterocycles. The fraction of sp³-hybridized carbons (Fsp3) is 0.500. The highest BCUT2D eigenvalue weighted by Crippen LogP contribution is 2.23. The molecule has 2 rings (SSSR count). The fourth-order valence-corrected chi connectivity index (χ4v) is 1.91. The first-order chi connectivity index (χ1) is 8.09. The van der Waals surface area contributed by atoms with Crippen LogP contribution in [0.25, 0.3) is 0 Å². The number of hydrogen-bond acceptors (Lipinski definition) is 4. The maximum absolute atomic E-state index is 11.8. The number of hydrogen-bond donors (Lipinski definition) is 2. The van der Waals surface area contributed by atoms with E-state index in [0.717, 1.165) is 19.4 Å². The summed E-state index contributed by atoms with van der Waals surface area (Å²) in [5.74, 6) is 0.134. The molecule has 5 nitrogen and oxygen atoms in total. The first-order valence-electron chi connectivity index (χ1n) is 5.74. The minimum Gasteiger partial charge on any atom is -0.384 e. The van der Waals surface area contributed by atoms with E-state index in [1.807, 2.05) is 6.92 Å². The van der Waals surface area contributed by atoms with Crippen molar-refractivity contribution in [3.8, 4) is 0 Å². The maximum Gasteiger partial charge on any atom is 0.270 e. The van der Waals surface area contributed by atoms with Gasteiger partial charge >= 0.3 is 0 Å². The van der Waals surface area contributed by atoms with Gasteiger partial charge in [-0.25, -0.2) is 4.98 Å². The number of nitrogens with one attached hydrogen (secondary N) is 1. The van der Waals surface area contributed by atoms with Crippen molar-refractivity contribution >= 4 is 11.7 Å². The third-order valence-electron chi connectivity index (χ3n) is 2.93. The van der Waals surface area contributed by atoms with Crippen LogP contribution in [0.4, 0.5) is 5.82 Å². The lowest BCUT2D eigenvalue weighted by Gasteiger charge is -2.23. The largest absolute Gasteiger partial charge is 0.384 e. The van der Waals surface area contributed by atoms with E-state index in [2.05, 4.69) is 10.3 Å². The van der Waals surface area contributed by atoms with Crippen LogP contribution in [0.15, 0.2) is 18.2 Å². The lowest BCUT2D eigenvalue weighted by Crippen LogP contribution is -2.40. The van der Waals surface area contributed by atoms with Gasteiger partial charge in [0, 0.05) is 13.2 Å². The molecule has 0 saturated carbocycles. The summed E-state index contributed by atoms with van der Waals surface area (Å²) in [5, 5.41) is 2.83. The number of rotatable bonds is 3. The van der Waals surface area contributed by atoms with Gasteiger partial charge in [0.1, 0.15) is 11.5 Å². The highest BCUT2D eigenvalue weighted by Gasteiger charge is 2.30. The molecule has 92 valence electrons. The van der Waals surface area contributed by atoms with Gasteiger partial charge in [-0.3, -0.25) is 4.79 Å². The third kappa shape index (κ3) is 2.94. The van der Waals surface area contributed by atoms with Gasteiger partial charge in [0.2, 0.25) is 0 Å². The highest BCUT2D eigenvalue weighted by molar-refractivity contribution is 5.92. The molecule has 1 aromatic heterocycles. The van der Waals surface area contributed by atoms with Crippen molar-refractivity contribution in [2.45, 2.75) is 25.4 Å². The molecule has 0 spiro atoms. The SMILES string of the molecule is CC1(CNC(=O)c2cccc(N)n2)CCCO1. The van der Waals surface area contributed by atoms with Crippen LogP contribution in [0, 0.1) is 0 Å². The van der Waals surface area contributed by atoms with Crippen LogP contribution in [0.2, 0.25) is 0 Å². The van der Waals surface area contributed by atoms with Gasteiger partial charge in [0.25, 0.3) is 5.91 Å². The van der Waals surface area contributed by atoms with E-state index in [0.29, 0.717) is 18.1 Å². The quantitative estimate of drug-likeness (QED) is 0.818. The second kappa shape index (κ2) is 4.71. The number of carbonyl (C=O) groups excluding carboxylic acids is 1. The second-order valence-electron chi connectivity index (χ2n) is 4.53. The molecule has 17 heavy (non-hydrogen) atoms. The van der Waals surface area contributed by atoms with Crippen molar-refractivity contribution in [1.82, 2.24) is 10.3 Å². The van der Waals surface area contributed by atoms with Crippen LogP contribution in [0.5, 0.6) is 0 Å². The van der Waals surface area contributed by atoms with Gasteiger partial charge in [0.05, 0.1) is 5.60 Å². The predicted molar refractivity (Wildman–Crippen MR) is 64.6 cm³/mol. The Morgan fingerprint density at radius 3 is 3.12 bits per heavy atom. The van der Waals surface area contributed by atoms with Crippen molar-refractivity contribution < 1.29 is 9.53 Å². The number of anilines is 1. The van der Waals surface area contributed by atoms with Crippen molar-refractivity contribution in [3.05, 3.63) is 23.9 Å². The molecule has 1 amide bonds. The van der Waals surface area contributed by atoms with Crippen LogP contribution in [-0.4, -0.2) is 29.6 Å². The fourth-order valence-electron chi connectivity index (χ4n) is 1.91. The zero-order valence-corrected chi connectivity index (χ0v) is 9.90. The molecule has 1 saturated heterocycles. The molecular formula is C12H17N3O2. The minimum absolute atomic E-state index is 0.214. The Morgan fingerprint density at radius 1 is 1.65 bits per heavy atom. The number of nitrogens with zero attached hydrogens (tertiary/aromatic N) is 1. The van der Waals surface area contributed by atoms with E-state index >= 15 is 0 Å². The van der Waals surface area contributed by atoms with E-state index in [4.69, 9.17) is 10.5 Å².